The second kappa shape index (κ2) is 4.50. The zero-order chi connectivity index (χ0) is 11.5. The zero-order valence-corrected chi connectivity index (χ0v) is 9.62. The van der Waals surface area contributed by atoms with E-state index in [1.165, 1.54) is 16.7 Å². The Bertz CT molecular complexity index is 480. The lowest BCUT2D eigenvalue weighted by molar-refractivity contribution is 0.282. The summed E-state index contributed by atoms with van der Waals surface area (Å²) in [5.74, 6) is 0. The molecule has 0 saturated carbocycles. The minimum atomic E-state index is 0.0648. The molecule has 2 rings (SSSR count). The summed E-state index contributed by atoms with van der Waals surface area (Å²) in [6.45, 7) is 4.27. The van der Waals surface area contributed by atoms with E-state index in [0.29, 0.717) is 0 Å². The van der Waals surface area contributed by atoms with Gasteiger partial charge in [0.1, 0.15) is 0 Å². The van der Waals surface area contributed by atoms with Gasteiger partial charge in [0, 0.05) is 0 Å². The molecule has 1 heteroatoms. The summed E-state index contributed by atoms with van der Waals surface area (Å²) in [5, 5.41) is 9.13. The van der Waals surface area contributed by atoms with E-state index in [-0.39, 0.29) is 6.61 Å². The van der Waals surface area contributed by atoms with E-state index < -0.39 is 0 Å². The van der Waals surface area contributed by atoms with E-state index in [0.717, 1.165) is 11.1 Å². The van der Waals surface area contributed by atoms with E-state index in [4.69, 9.17) is 5.11 Å². The molecule has 81 valence electrons. The van der Waals surface area contributed by atoms with Crippen LogP contribution in [0.1, 0.15) is 16.7 Å². The van der Waals surface area contributed by atoms with Crippen molar-refractivity contribution < 1.29 is 5.11 Å². The highest BCUT2D eigenvalue weighted by Gasteiger charge is 2.05. The largest absolute Gasteiger partial charge is 0.392 e. The first-order valence-corrected chi connectivity index (χ1v) is 5.40. The van der Waals surface area contributed by atoms with Gasteiger partial charge in [-0.1, -0.05) is 18.2 Å². The molecular weight excluding hydrogens is 196 g/mol. The van der Waals surface area contributed by atoms with E-state index in [1.54, 1.807) is 0 Å². The predicted octanol–water partition coefficient (Wildman–Crippen LogP) is 3.26. The SMILES string of the molecule is Cc1cccc(C)c1-c1c[c]cc(CO)c1. The Morgan fingerprint density at radius 2 is 1.81 bits per heavy atom. The summed E-state index contributed by atoms with van der Waals surface area (Å²) in [5.41, 5.74) is 5.78. The quantitative estimate of drug-likeness (QED) is 0.808. The van der Waals surface area contributed by atoms with Crippen LogP contribution in [0.15, 0.2) is 36.4 Å². The van der Waals surface area contributed by atoms with Crippen LogP contribution in [0.4, 0.5) is 0 Å². The lowest BCUT2D eigenvalue weighted by Crippen LogP contribution is -1.90. The van der Waals surface area contributed by atoms with Gasteiger partial charge in [-0.2, -0.15) is 0 Å². The summed E-state index contributed by atoms with van der Waals surface area (Å²) < 4.78 is 0. The molecule has 0 unspecified atom stereocenters. The topological polar surface area (TPSA) is 20.2 Å². The number of aliphatic hydroxyl groups is 1. The fourth-order valence-electron chi connectivity index (χ4n) is 2.03. The highest BCUT2D eigenvalue weighted by Crippen LogP contribution is 2.27. The first kappa shape index (κ1) is 10.9. The van der Waals surface area contributed by atoms with Gasteiger partial charge in [-0.25, -0.2) is 0 Å². The maximum absolute atomic E-state index is 9.13. The lowest BCUT2D eigenvalue weighted by Gasteiger charge is -2.10. The first-order chi connectivity index (χ1) is 7.72. The Morgan fingerprint density at radius 1 is 1.12 bits per heavy atom. The van der Waals surface area contributed by atoms with Crippen molar-refractivity contribution >= 4 is 0 Å². The van der Waals surface area contributed by atoms with Gasteiger partial charge in [0.15, 0.2) is 0 Å². The van der Waals surface area contributed by atoms with Crippen LogP contribution in [0.2, 0.25) is 0 Å². The number of benzene rings is 2. The Hall–Kier alpha value is -1.60. The molecule has 0 atom stereocenters. The third-order valence-corrected chi connectivity index (χ3v) is 2.80. The Balaban J connectivity index is 2.58. The smallest absolute Gasteiger partial charge is 0.0682 e. The summed E-state index contributed by atoms with van der Waals surface area (Å²) in [7, 11) is 0. The summed E-state index contributed by atoms with van der Waals surface area (Å²) in [4.78, 5) is 0. The second-order valence-corrected chi connectivity index (χ2v) is 4.05. The van der Waals surface area contributed by atoms with Crippen molar-refractivity contribution in [2.24, 2.45) is 0 Å². The van der Waals surface area contributed by atoms with Crippen molar-refractivity contribution in [3.63, 3.8) is 0 Å². The van der Waals surface area contributed by atoms with E-state index >= 15 is 0 Å². The van der Waals surface area contributed by atoms with Crippen LogP contribution in [0, 0.1) is 19.9 Å². The van der Waals surface area contributed by atoms with Crippen LogP contribution >= 0.6 is 0 Å². The van der Waals surface area contributed by atoms with Gasteiger partial charge in [0.2, 0.25) is 0 Å². The average Bonchev–Trinajstić information content (AvgIpc) is 2.29. The predicted molar refractivity (Wildman–Crippen MR) is 66.1 cm³/mol. The monoisotopic (exact) mass is 211 g/mol. The number of rotatable bonds is 2. The minimum absolute atomic E-state index is 0.0648. The molecule has 16 heavy (non-hydrogen) atoms. The number of aliphatic hydroxyl groups excluding tert-OH is 1. The summed E-state index contributed by atoms with van der Waals surface area (Å²) in [6.07, 6.45) is 0. The van der Waals surface area contributed by atoms with Crippen molar-refractivity contribution in [2.45, 2.75) is 20.5 Å². The van der Waals surface area contributed by atoms with Gasteiger partial charge in [-0.15, -0.1) is 0 Å². The normalized spacial score (nSPS) is 10.4. The standard InChI is InChI=1S/C15H15O/c1-11-5-3-6-12(2)15(11)14-8-4-7-13(9-14)10-16/h3,5-9,16H,10H2,1-2H3. The Kier molecular flexibility index (Phi) is 3.07. The molecule has 0 fully saturated rings. The van der Waals surface area contributed by atoms with Crippen LogP contribution in [-0.4, -0.2) is 5.11 Å². The maximum Gasteiger partial charge on any atom is 0.0682 e. The molecule has 0 heterocycles. The molecular formula is C15H15O. The van der Waals surface area contributed by atoms with Gasteiger partial charge in [-0.3, -0.25) is 0 Å². The molecule has 0 amide bonds. The van der Waals surface area contributed by atoms with Gasteiger partial charge in [0.05, 0.1) is 6.61 Å². The van der Waals surface area contributed by atoms with Crippen molar-refractivity contribution in [1.29, 1.82) is 0 Å². The fraction of sp³-hybridized carbons (Fsp3) is 0.200. The molecule has 0 aliphatic carbocycles. The maximum atomic E-state index is 9.13. The molecule has 2 aromatic carbocycles. The molecule has 1 radical (unpaired) electrons. The Morgan fingerprint density at radius 3 is 2.44 bits per heavy atom. The molecule has 2 aromatic rings. The van der Waals surface area contributed by atoms with Crippen LogP contribution < -0.4 is 0 Å². The van der Waals surface area contributed by atoms with Crippen molar-refractivity contribution in [3.8, 4) is 11.1 Å². The van der Waals surface area contributed by atoms with Gasteiger partial charge in [-0.05, 0) is 65.9 Å². The second-order valence-electron chi connectivity index (χ2n) is 4.05. The number of hydrogen-bond acceptors (Lipinski definition) is 1. The molecule has 1 N–H and O–H groups in total. The fourth-order valence-corrected chi connectivity index (χ4v) is 2.03. The zero-order valence-electron chi connectivity index (χ0n) is 9.62. The third-order valence-electron chi connectivity index (χ3n) is 2.80. The number of aryl methyl sites for hydroxylation is 2. The average molecular weight is 211 g/mol. The van der Waals surface area contributed by atoms with Crippen molar-refractivity contribution in [3.05, 3.63) is 59.2 Å². The highest BCUT2D eigenvalue weighted by atomic mass is 16.3. The minimum Gasteiger partial charge on any atom is -0.392 e. The molecule has 0 saturated heterocycles. The highest BCUT2D eigenvalue weighted by molar-refractivity contribution is 5.71. The summed E-state index contributed by atoms with van der Waals surface area (Å²) >= 11 is 0. The first-order valence-electron chi connectivity index (χ1n) is 5.40. The van der Waals surface area contributed by atoms with Gasteiger partial charge >= 0.3 is 0 Å². The van der Waals surface area contributed by atoms with Crippen LogP contribution in [0.25, 0.3) is 11.1 Å². The molecule has 0 aliphatic rings. The molecule has 0 bridgehead atoms. The van der Waals surface area contributed by atoms with Crippen LogP contribution in [-0.2, 0) is 6.61 Å². The van der Waals surface area contributed by atoms with Crippen LogP contribution in [0.5, 0.6) is 0 Å². The number of hydrogen-bond donors (Lipinski definition) is 1. The molecule has 1 nitrogen and oxygen atoms in total. The van der Waals surface area contributed by atoms with Crippen molar-refractivity contribution in [2.75, 3.05) is 0 Å². The third kappa shape index (κ3) is 2.00. The van der Waals surface area contributed by atoms with Crippen molar-refractivity contribution in [1.82, 2.24) is 0 Å². The lowest BCUT2D eigenvalue weighted by atomic mass is 9.95. The molecule has 0 spiro atoms. The van der Waals surface area contributed by atoms with Gasteiger partial charge < -0.3 is 5.11 Å². The molecule has 0 aromatic heterocycles. The van der Waals surface area contributed by atoms with Crippen LogP contribution in [0.3, 0.4) is 0 Å². The van der Waals surface area contributed by atoms with E-state index in [1.807, 2.05) is 18.2 Å². The van der Waals surface area contributed by atoms with E-state index in [2.05, 4.69) is 38.1 Å². The molecule has 0 aliphatic heterocycles. The van der Waals surface area contributed by atoms with E-state index in [9.17, 15) is 0 Å². The van der Waals surface area contributed by atoms with Gasteiger partial charge in [0.25, 0.3) is 0 Å². The summed E-state index contributed by atoms with van der Waals surface area (Å²) in [6, 6.07) is 15.1. The Labute approximate surface area is 96.4 Å².